The Labute approximate surface area is 121 Å². The number of carbonyl (C=O) groups excluding carboxylic acids is 1. The number of carbonyl (C=O) groups is 1. The standard InChI is InChI=1S/C14H13NO3S2/c16-14-13-6-2-1-4-11(13)10-20(17,18)15(14)8-7-12-5-3-9-19-12/h1-6,9H,7-8,10H2. The first-order chi connectivity index (χ1) is 9.58. The zero-order valence-electron chi connectivity index (χ0n) is 10.7. The maximum Gasteiger partial charge on any atom is 0.267 e. The molecule has 0 unspecified atom stereocenters. The monoisotopic (exact) mass is 307 g/mol. The summed E-state index contributed by atoms with van der Waals surface area (Å²) < 4.78 is 25.5. The van der Waals surface area contributed by atoms with Gasteiger partial charge in [-0.15, -0.1) is 11.3 Å². The molecule has 3 rings (SSSR count). The lowest BCUT2D eigenvalue weighted by atomic mass is 10.1. The van der Waals surface area contributed by atoms with Gasteiger partial charge in [0.15, 0.2) is 0 Å². The van der Waals surface area contributed by atoms with E-state index in [2.05, 4.69) is 0 Å². The van der Waals surface area contributed by atoms with Crippen molar-refractivity contribution in [3.8, 4) is 0 Å². The van der Waals surface area contributed by atoms with Gasteiger partial charge in [0.25, 0.3) is 5.91 Å². The minimum absolute atomic E-state index is 0.0979. The van der Waals surface area contributed by atoms with E-state index < -0.39 is 15.9 Å². The van der Waals surface area contributed by atoms with Crippen molar-refractivity contribution in [3.63, 3.8) is 0 Å². The Morgan fingerprint density at radius 3 is 2.70 bits per heavy atom. The average molecular weight is 307 g/mol. The highest BCUT2D eigenvalue weighted by Crippen LogP contribution is 2.25. The second kappa shape index (κ2) is 5.03. The number of benzene rings is 1. The molecule has 20 heavy (non-hydrogen) atoms. The normalized spacial score (nSPS) is 17.0. The maximum absolute atomic E-state index is 12.3. The van der Waals surface area contributed by atoms with E-state index in [1.807, 2.05) is 17.5 Å². The molecule has 1 aromatic heterocycles. The quantitative estimate of drug-likeness (QED) is 0.874. The van der Waals surface area contributed by atoms with E-state index in [4.69, 9.17) is 0 Å². The predicted octanol–water partition coefficient (Wildman–Crippen LogP) is 2.28. The Kier molecular flexibility index (Phi) is 3.35. The van der Waals surface area contributed by atoms with Crippen molar-refractivity contribution in [3.05, 3.63) is 57.8 Å². The molecule has 1 aliphatic rings. The lowest BCUT2D eigenvalue weighted by molar-refractivity contribution is 0.0857. The fourth-order valence-electron chi connectivity index (χ4n) is 2.30. The Bertz CT molecular complexity index is 736. The molecule has 0 atom stereocenters. The molecule has 0 spiro atoms. The summed E-state index contributed by atoms with van der Waals surface area (Å²) in [7, 11) is -3.55. The molecule has 0 fully saturated rings. The van der Waals surface area contributed by atoms with Crippen LogP contribution < -0.4 is 0 Å². The van der Waals surface area contributed by atoms with Crippen LogP contribution in [0.15, 0.2) is 41.8 Å². The molecule has 0 saturated heterocycles. The van der Waals surface area contributed by atoms with Gasteiger partial charge in [0.2, 0.25) is 10.0 Å². The number of sulfonamides is 1. The fourth-order valence-corrected chi connectivity index (χ4v) is 4.52. The van der Waals surface area contributed by atoms with Crippen molar-refractivity contribution in [2.24, 2.45) is 0 Å². The zero-order valence-corrected chi connectivity index (χ0v) is 12.3. The third-order valence-corrected chi connectivity index (χ3v) is 5.92. The van der Waals surface area contributed by atoms with E-state index in [1.165, 1.54) is 0 Å². The number of nitrogens with zero attached hydrogens (tertiary/aromatic N) is 1. The summed E-state index contributed by atoms with van der Waals surface area (Å²) in [4.78, 5) is 13.4. The Morgan fingerprint density at radius 2 is 1.95 bits per heavy atom. The van der Waals surface area contributed by atoms with Crippen LogP contribution in [0, 0.1) is 0 Å². The summed E-state index contributed by atoms with van der Waals surface area (Å²) in [6.45, 7) is 0.204. The van der Waals surface area contributed by atoms with Crippen LogP contribution in [0.4, 0.5) is 0 Å². The van der Waals surface area contributed by atoms with Crippen LogP contribution in [-0.4, -0.2) is 25.2 Å². The molecule has 0 aliphatic carbocycles. The molecule has 0 bridgehead atoms. The van der Waals surface area contributed by atoms with Crippen molar-refractivity contribution < 1.29 is 13.2 Å². The van der Waals surface area contributed by atoms with Gasteiger partial charge in [0.1, 0.15) is 0 Å². The van der Waals surface area contributed by atoms with Crippen LogP contribution in [0.5, 0.6) is 0 Å². The minimum Gasteiger partial charge on any atom is -0.268 e. The topological polar surface area (TPSA) is 54.5 Å². The van der Waals surface area contributed by atoms with E-state index in [-0.39, 0.29) is 12.3 Å². The first-order valence-corrected chi connectivity index (χ1v) is 8.72. The molecule has 1 amide bonds. The van der Waals surface area contributed by atoms with Crippen molar-refractivity contribution in [1.29, 1.82) is 0 Å². The van der Waals surface area contributed by atoms with Gasteiger partial charge in [0, 0.05) is 23.4 Å². The molecule has 0 saturated carbocycles. The highest BCUT2D eigenvalue weighted by Gasteiger charge is 2.35. The van der Waals surface area contributed by atoms with Gasteiger partial charge in [-0.05, 0) is 23.1 Å². The smallest absolute Gasteiger partial charge is 0.267 e. The van der Waals surface area contributed by atoms with E-state index in [0.717, 1.165) is 9.18 Å². The molecule has 6 heteroatoms. The molecule has 2 heterocycles. The van der Waals surface area contributed by atoms with Crippen molar-refractivity contribution >= 4 is 27.3 Å². The fraction of sp³-hybridized carbons (Fsp3) is 0.214. The second-order valence-corrected chi connectivity index (χ2v) is 7.55. The van der Waals surface area contributed by atoms with Crippen LogP contribution >= 0.6 is 11.3 Å². The highest BCUT2D eigenvalue weighted by atomic mass is 32.2. The van der Waals surface area contributed by atoms with E-state index >= 15 is 0 Å². The van der Waals surface area contributed by atoms with E-state index in [0.29, 0.717) is 17.5 Å². The van der Waals surface area contributed by atoms with Gasteiger partial charge in [0.05, 0.1) is 5.75 Å². The van der Waals surface area contributed by atoms with Gasteiger partial charge in [-0.3, -0.25) is 4.79 Å². The lowest BCUT2D eigenvalue weighted by Gasteiger charge is -2.27. The van der Waals surface area contributed by atoms with Crippen LogP contribution in [0.3, 0.4) is 0 Å². The number of fused-ring (bicyclic) bond motifs is 1. The third kappa shape index (κ3) is 2.36. The van der Waals surface area contributed by atoms with Gasteiger partial charge in [-0.2, -0.15) is 0 Å². The van der Waals surface area contributed by atoms with Crippen molar-refractivity contribution in [2.45, 2.75) is 12.2 Å². The largest absolute Gasteiger partial charge is 0.268 e. The lowest BCUT2D eigenvalue weighted by Crippen LogP contribution is -2.42. The Morgan fingerprint density at radius 1 is 1.15 bits per heavy atom. The number of hydrogen-bond acceptors (Lipinski definition) is 4. The molecule has 4 nitrogen and oxygen atoms in total. The van der Waals surface area contributed by atoms with Crippen LogP contribution in [0.1, 0.15) is 20.8 Å². The molecule has 0 N–H and O–H groups in total. The molecule has 2 aromatic rings. The average Bonchev–Trinajstić information content (AvgIpc) is 2.91. The summed E-state index contributed by atoms with van der Waals surface area (Å²) in [5.41, 5.74) is 1.08. The minimum atomic E-state index is -3.55. The summed E-state index contributed by atoms with van der Waals surface area (Å²) >= 11 is 1.57. The molecular weight excluding hydrogens is 294 g/mol. The van der Waals surface area contributed by atoms with E-state index in [1.54, 1.807) is 35.6 Å². The molecule has 1 aliphatic heterocycles. The summed E-state index contributed by atoms with van der Waals surface area (Å²) in [6, 6.07) is 10.8. The van der Waals surface area contributed by atoms with Gasteiger partial charge >= 0.3 is 0 Å². The number of hydrogen-bond donors (Lipinski definition) is 0. The molecular formula is C14H13NO3S2. The number of amides is 1. The Balaban J connectivity index is 1.89. The highest BCUT2D eigenvalue weighted by molar-refractivity contribution is 7.89. The van der Waals surface area contributed by atoms with Crippen LogP contribution in [-0.2, 0) is 22.2 Å². The first-order valence-electron chi connectivity index (χ1n) is 6.23. The predicted molar refractivity (Wildman–Crippen MR) is 78.1 cm³/mol. The zero-order chi connectivity index (χ0) is 14.2. The van der Waals surface area contributed by atoms with E-state index in [9.17, 15) is 13.2 Å². The molecule has 1 aromatic carbocycles. The third-order valence-electron chi connectivity index (χ3n) is 3.29. The van der Waals surface area contributed by atoms with Crippen molar-refractivity contribution in [1.82, 2.24) is 4.31 Å². The maximum atomic E-state index is 12.3. The Hall–Kier alpha value is -1.66. The number of thiophene rings is 1. The van der Waals surface area contributed by atoms with Gasteiger partial charge in [-0.1, -0.05) is 24.3 Å². The molecule has 104 valence electrons. The van der Waals surface area contributed by atoms with Gasteiger partial charge < -0.3 is 0 Å². The first kappa shape index (κ1) is 13.3. The molecule has 0 radical (unpaired) electrons. The van der Waals surface area contributed by atoms with Crippen molar-refractivity contribution in [2.75, 3.05) is 6.54 Å². The van der Waals surface area contributed by atoms with Gasteiger partial charge in [-0.25, -0.2) is 12.7 Å². The summed E-state index contributed by atoms with van der Waals surface area (Å²) in [5, 5.41) is 1.94. The number of rotatable bonds is 3. The second-order valence-electron chi connectivity index (χ2n) is 4.62. The summed E-state index contributed by atoms with van der Waals surface area (Å²) in [5.74, 6) is -0.511. The summed E-state index contributed by atoms with van der Waals surface area (Å²) in [6.07, 6.45) is 0.560. The van der Waals surface area contributed by atoms with Crippen LogP contribution in [0.2, 0.25) is 0 Å². The van der Waals surface area contributed by atoms with Crippen LogP contribution in [0.25, 0.3) is 0 Å². The SMILES string of the molecule is O=C1c2ccccc2CS(=O)(=O)N1CCc1cccs1.